The smallest absolute Gasteiger partial charge is 0.193 e. The number of carbonyl (C=O) groups is 1. The zero-order valence-corrected chi connectivity index (χ0v) is 11.6. The second-order valence-corrected chi connectivity index (χ2v) is 4.95. The van der Waals surface area contributed by atoms with Crippen LogP contribution in [-0.2, 0) is 6.42 Å². The molecule has 0 amide bonds. The number of aryl methyl sites for hydroxylation is 2. The summed E-state index contributed by atoms with van der Waals surface area (Å²) in [7, 11) is 0. The van der Waals surface area contributed by atoms with Crippen LogP contribution in [0.5, 0.6) is 0 Å². The van der Waals surface area contributed by atoms with E-state index in [-0.39, 0.29) is 5.78 Å². The topological polar surface area (TPSA) is 17.1 Å². The highest BCUT2D eigenvalue weighted by molar-refractivity contribution is 6.09. The van der Waals surface area contributed by atoms with Crippen LogP contribution in [0.3, 0.4) is 0 Å². The molecule has 2 rings (SSSR count). The lowest BCUT2D eigenvalue weighted by atomic mass is 9.96. The molecule has 0 unspecified atom stereocenters. The Hall–Kier alpha value is -1.89. The summed E-state index contributed by atoms with van der Waals surface area (Å²) < 4.78 is 0. The highest BCUT2D eigenvalue weighted by atomic mass is 16.1. The molecule has 19 heavy (non-hydrogen) atoms. The molecule has 0 aliphatic carbocycles. The number of ketones is 1. The van der Waals surface area contributed by atoms with Gasteiger partial charge in [-0.25, -0.2) is 0 Å². The summed E-state index contributed by atoms with van der Waals surface area (Å²) in [6, 6.07) is 15.7. The maximum atomic E-state index is 12.4. The highest BCUT2D eigenvalue weighted by Crippen LogP contribution is 2.17. The molecule has 98 valence electrons. The zero-order valence-electron chi connectivity index (χ0n) is 11.6. The molecule has 2 aromatic carbocycles. The summed E-state index contributed by atoms with van der Waals surface area (Å²) in [5, 5.41) is 0. The molecule has 0 aromatic heterocycles. The van der Waals surface area contributed by atoms with Crippen molar-refractivity contribution in [2.45, 2.75) is 33.1 Å². The van der Waals surface area contributed by atoms with Crippen LogP contribution in [0.15, 0.2) is 48.5 Å². The lowest BCUT2D eigenvalue weighted by molar-refractivity contribution is 0.103. The van der Waals surface area contributed by atoms with E-state index in [9.17, 15) is 4.79 Å². The van der Waals surface area contributed by atoms with E-state index in [1.165, 1.54) is 18.4 Å². The van der Waals surface area contributed by atoms with Gasteiger partial charge in [0.05, 0.1) is 0 Å². The molecular formula is C18H20O. The van der Waals surface area contributed by atoms with Crippen molar-refractivity contribution in [1.82, 2.24) is 0 Å². The SMILES string of the molecule is CCCCc1ccc(C(=O)c2ccccc2)c(C)c1. The van der Waals surface area contributed by atoms with Crippen LogP contribution in [0.4, 0.5) is 0 Å². The van der Waals surface area contributed by atoms with Crippen LogP contribution in [0, 0.1) is 6.92 Å². The van der Waals surface area contributed by atoms with Crippen molar-refractivity contribution >= 4 is 5.78 Å². The van der Waals surface area contributed by atoms with E-state index in [0.717, 1.165) is 23.1 Å². The number of benzene rings is 2. The second kappa shape index (κ2) is 6.33. The standard InChI is InChI=1S/C18H20O/c1-3-4-8-15-11-12-17(14(2)13-15)18(19)16-9-6-5-7-10-16/h5-7,9-13H,3-4,8H2,1-2H3. The van der Waals surface area contributed by atoms with E-state index < -0.39 is 0 Å². The van der Waals surface area contributed by atoms with Gasteiger partial charge in [-0.05, 0) is 30.9 Å². The van der Waals surface area contributed by atoms with Gasteiger partial charge in [-0.1, -0.05) is 61.9 Å². The van der Waals surface area contributed by atoms with Gasteiger partial charge in [-0.3, -0.25) is 4.79 Å². The third-order valence-corrected chi connectivity index (χ3v) is 3.39. The molecule has 0 N–H and O–H groups in total. The summed E-state index contributed by atoms with van der Waals surface area (Å²) >= 11 is 0. The Balaban J connectivity index is 2.24. The molecule has 0 radical (unpaired) electrons. The molecular weight excluding hydrogens is 232 g/mol. The van der Waals surface area contributed by atoms with E-state index in [0.29, 0.717) is 0 Å². The molecule has 0 fully saturated rings. The van der Waals surface area contributed by atoms with E-state index in [1.54, 1.807) is 0 Å². The molecule has 2 aromatic rings. The van der Waals surface area contributed by atoms with E-state index in [1.807, 2.05) is 43.3 Å². The minimum absolute atomic E-state index is 0.111. The van der Waals surface area contributed by atoms with Crippen LogP contribution in [0.2, 0.25) is 0 Å². The number of hydrogen-bond donors (Lipinski definition) is 0. The molecule has 0 saturated heterocycles. The predicted octanol–water partition coefficient (Wildman–Crippen LogP) is 4.57. The Morgan fingerprint density at radius 3 is 2.42 bits per heavy atom. The first kappa shape index (κ1) is 13.5. The summed E-state index contributed by atoms with van der Waals surface area (Å²) in [6.45, 7) is 4.21. The Morgan fingerprint density at radius 2 is 1.79 bits per heavy atom. The van der Waals surface area contributed by atoms with Gasteiger partial charge in [-0.2, -0.15) is 0 Å². The molecule has 0 aliphatic heterocycles. The summed E-state index contributed by atoms with van der Waals surface area (Å²) in [5.41, 5.74) is 3.96. The van der Waals surface area contributed by atoms with Crippen LogP contribution < -0.4 is 0 Å². The fraction of sp³-hybridized carbons (Fsp3) is 0.278. The summed E-state index contributed by atoms with van der Waals surface area (Å²) in [6.07, 6.45) is 3.49. The first-order valence-corrected chi connectivity index (χ1v) is 6.91. The third kappa shape index (κ3) is 3.31. The zero-order chi connectivity index (χ0) is 13.7. The second-order valence-electron chi connectivity index (χ2n) is 4.95. The minimum atomic E-state index is 0.111. The fourth-order valence-electron chi connectivity index (χ4n) is 2.26. The fourth-order valence-corrected chi connectivity index (χ4v) is 2.26. The summed E-state index contributed by atoms with van der Waals surface area (Å²) in [4.78, 5) is 12.4. The molecule has 0 bridgehead atoms. The average Bonchev–Trinajstić information content (AvgIpc) is 2.45. The van der Waals surface area contributed by atoms with Crippen LogP contribution >= 0.6 is 0 Å². The van der Waals surface area contributed by atoms with Crippen LogP contribution in [0.1, 0.15) is 46.8 Å². The maximum absolute atomic E-state index is 12.4. The molecule has 0 saturated carbocycles. The molecule has 0 heterocycles. The van der Waals surface area contributed by atoms with E-state index in [4.69, 9.17) is 0 Å². The Labute approximate surface area is 115 Å². The highest BCUT2D eigenvalue weighted by Gasteiger charge is 2.11. The number of hydrogen-bond acceptors (Lipinski definition) is 1. The summed E-state index contributed by atoms with van der Waals surface area (Å²) in [5.74, 6) is 0.111. The third-order valence-electron chi connectivity index (χ3n) is 3.39. The van der Waals surface area contributed by atoms with Crippen LogP contribution in [0.25, 0.3) is 0 Å². The van der Waals surface area contributed by atoms with E-state index in [2.05, 4.69) is 19.1 Å². The van der Waals surface area contributed by atoms with Gasteiger partial charge in [0.25, 0.3) is 0 Å². The average molecular weight is 252 g/mol. The monoisotopic (exact) mass is 252 g/mol. The van der Waals surface area contributed by atoms with Gasteiger partial charge >= 0.3 is 0 Å². The maximum Gasteiger partial charge on any atom is 0.193 e. The Kier molecular flexibility index (Phi) is 4.51. The van der Waals surface area contributed by atoms with Crippen molar-refractivity contribution < 1.29 is 4.79 Å². The van der Waals surface area contributed by atoms with Gasteiger partial charge in [0, 0.05) is 11.1 Å². The van der Waals surface area contributed by atoms with Crippen molar-refractivity contribution in [3.63, 3.8) is 0 Å². The van der Waals surface area contributed by atoms with Crippen molar-refractivity contribution in [3.8, 4) is 0 Å². The Bertz CT molecular complexity index is 555. The predicted molar refractivity (Wildman–Crippen MR) is 79.7 cm³/mol. The molecule has 0 atom stereocenters. The minimum Gasteiger partial charge on any atom is -0.289 e. The largest absolute Gasteiger partial charge is 0.289 e. The molecule has 1 nitrogen and oxygen atoms in total. The Morgan fingerprint density at radius 1 is 1.05 bits per heavy atom. The van der Waals surface area contributed by atoms with Gasteiger partial charge in [0.1, 0.15) is 0 Å². The van der Waals surface area contributed by atoms with Crippen molar-refractivity contribution in [2.75, 3.05) is 0 Å². The van der Waals surface area contributed by atoms with Gasteiger partial charge in [0.2, 0.25) is 0 Å². The van der Waals surface area contributed by atoms with Gasteiger partial charge in [0.15, 0.2) is 5.78 Å². The number of rotatable bonds is 5. The normalized spacial score (nSPS) is 10.4. The molecule has 1 heteroatoms. The van der Waals surface area contributed by atoms with Crippen molar-refractivity contribution in [2.24, 2.45) is 0 Å². The molecule has 0 spiro atoms. The first-order valence-electron chi connectivity index (χ1n) is 6.91. The lowest BCUT2D eigenvalue weighted by Crippen LogP contribution is -2.04. The number of unbranched alkanes of at least 4 members (excludes halogenated alkanes) is 1. The van der Waals surface area contributed by atoms with Gasteiger partial charge < -0.3 is 0 Å². The van der Waals surface area contributed by atoms with Gasteiger partial charge in [-0.15, -0.1) is 0 Å². The van der Waals surface area contributed by atoms with Crippen LogP contribution in [-0.4, -0.2) is 5.78 Å². The van der Waals surface area contributed by atoms with E-state index >= 15 is 0 Å². The number of carbonyl (C=O) groups excluding carboxylic acids is 1. The van der Waals surface area contributed by atoms with Crippen molar-refractivity contribution in [3.05, 3.63) is 70.8 Å². The van der Waals surface area contributed by atoms with Crippen molar-refractivity contribution in [1.29, 1.82) is 0 Å². The first-order chi connectivity index (χ1) is 9.22. The quantitative estimate of drug-likeness (QED) is 0.712. The lowest BCUT2D eigenvalue weighted by Gasteiger charge is -2.08. The molecule has 0 aliphatic rings.